The second kappa shape index (κ2) is 9.35. The molecule has 0 aliphatic rings. The van der Waals surface area contributed by atoms with E-state index in [0.29, 0.717) is 0 Å². The summed E-state index contributed by atoms with van der Waals surface area (Å²) < 4.78 is 0. The molecule has 3 unspecified atom stereocenters. The van der Waals surface area contributed by atoms with E-state index in [-0.39, 0.29) is 6.42 Å². The van der Waals surface area contributed by atoms with Crippen molar-refractivity contribution in [2.75, 3.05) is 0 Å². The summed E-state index contributed by atoms with van der Waals surface area (Å²) in [5, 5.41) is 30.2. The van der Waals surface area contributed by atoms with Gasteiger partial charge in [-0.3, -0.25) is 19.2 Å². The highest BCUT2D eigenvalue weighted by molar-refractivity contribution is 5.92. The maximum Gasteiger partial charge on any atom is 0.326 e. The van der Waals surface area contributed by atoms with Crippen LogP contribution in [0.5, 0.6) is 0 Å². The lowest BCUT2D eigenvalue weighted by atomic mass is 10.1. The second-order valence-electron chi connectivity index (χ2n) is 4.77. The van der Waals surface area contributed by atoms with Crippen LogP contribution in [0, 0.1) is 0 Å². The maximum absolute atomic E-state index is 11.8. The minimum Gasteiger partial charge on any atom is -0.481 e. The van der Waals surface area contributed by atoms with Crippen molar-refractivity contribution in [3.63, 3.8) is 0 Å². The monoisotopic (exact) mass is 333 g/mol. The van der Waals surface area contributed by atoms with Crippen LogP contribution in [0.2, 0.25) is 0 Å². The van der Waals surface area contributed by atoms with E-state index in [1.54, 1.807) is 0 Å². The SMILES string of the molecule is CC(NC(=O)C(N)CC(=O)O)C(=O)NC(CCC(=O)O)C(=O)O. The van der Waals surface area contributed by atoms with Crippen LogP contribution in [-0.2, 0) is 24.0 Å². The van der Waals surface area contributed by atoms with Crippen LogP contribution < -0.4 is 16.4 Å². The lowest BCUT2D eigenvalue weighted by Crippen LogP contribution is -2.53. The summed E-state index contributed by atoms with van der Waals surface area (Å²) in [5.41, 5.74) is 5.31. The number of carbonyl (C=O) groups excluding carboxylic acids is 2. The molecule has 0 fully saturated rings. The zero-order valence-corrected chi connectivity index (χ0v) is 12.3. The number of nitrogens with one attached hydrogen (secondary N) is 2. The van der Waals surface area contributed by atoms with Crippen LogP contribution in [0.1, 0.15) is 26.2 Å². The van der Waals surface area contributed by atoms with Crippen molar-refractivity contribution in [1.29, 1.82) is 0 Å². The first-order valence-corrected chi connectivity index (χ1v) is 6.57. The van der Waals surface area contributed by atoms with E-state index in [4.69, 9.17) is 21.1 Å². The number of amides is 2. The van der Waals surface area contributed by atoms with Crippen molar-refractivity contribution in [1.82, 2.24) is 10.6 Å². The van der Waals surface area contributed by atoms with E-state index in [1.165, 1.54) is 6.92 Å². The molecule has 0 spiro atoms. The van der Waals surface area contributed by atoms with Gasteiger partial charge >= 0.3 is 17.9 Å². The van der Waals surface area contributed by atoms with Gasteiger partial charge in [0.05, 0.1) is 12.5 Å². The highest BCUT2D eigenvalue weighted by Crippen LogP contribution is 1.99. The van der Waals surface area contributed by atoms with Crippen LogP contribution in [0.4, 0.5) is 0 Å². The van der Waals surface area contributed by atoms with E-state index < -0.39 is 60.7 Å². The standard InChI is InChI=1S/C12H19N3O8/c1-5(14-11(21)6(13)4-9(18)19)10(20)15-7(12(22)23)2-3-8(16)17/h5-7H,2-4,13H2,1H3,(H,14,21)(H,15,20)(H,16,17)(H,18,19)(H,22,23). The summed E-state index contributed by atoms with van der Waals surface area (Å²) in [5.74, 6) is -5.66. The van der Waals surface area contributed by atoms with E-state index in [0.717, 1.165) is 0 Å². The Morgan fingerprint density at radius 3 is 1.96 bits per heavy atom. The lowest BCUT2D eigenvalue weighted by molar-refractivity contribution is -0.143. The van der Waals surface area contributed by atoms with Gasteiger partial charge in [-0.25, -0.2) is 4.79 Å². The number of rotatable bonds is 10. The molecule has 130 valence electrons. The van der Waals surface area contributed by atoms with E-state index >= 15 is 0 Å². The molecule has 0 radical (unpaired) electrons. The molecule has 0 aromatic heterocycles. The number of aliphatic carboxylic acids is 3. The first-order valence-electron chi connectivity index (χ1n) is 6.57. The Morgan fingerprint density at radius 1 is 0.957 bits per heavy atom. The molecule has 3 atom stereocenters. The Bertz CT molecular complexity index is 493. The van der Waals surface area contributed by atoms with Gasteiger partial charge in [-0.05, 0) is 13.3 Å². The summed E-state index contributed by atoms with van der Waals surface area (Å²) in [4.78, 5) is 55.1. The number of carboxylic acid groups (broad SMARTS) is 3. The fourth-order valence-corrected chi connectivity index (χ4v) is 1.49. The molecule has 0 aliphatic heterocycles. The van der Waals surface area contributed by atoms with E-state index in [1.807, 2.05) is 0 Å². The zero-order valence-electron chi connectivity index (χ0n) is 12.3. The molecule has 0 heterocycles. The molecule has 0 saturated carbocycles. The Balaban J connectivity index is 4.56. The number of hydrogen-bond donors (Lipinski definition) is 6. The molecule has 0 aromatic rings. The van der Waals surface area contributed by atoms with Gasteiger partial charge in [0.1, 0.15) is 12.1 Å². The van der Waals surface area contributed by atoms with Crippen LogP contribution in [0.25, 0.3) is 0 Å². The number of hydrogen-bond acceptors (Lipinski definition) is 6. The minimum absolute atomic E-state index is 0.324. The Kier molecular flexibility index (Phi) is 8.26. The molecule has 0 aliphatic carbocycles. The summed E-state index contributed by atoms with van der Waals surface area (Å²) in [6, 6.07) is -3.95. The normalized spacial score (nSPS) is 14.2. The minimum atomic E-state index is -1.43. The number of carboxylic acids is 3. The van der Waals surface area contributed by atoms with Gasteiger partial charge in [0.2, 0.25) is 11.8 Å². The summed E-state index contributed by atoms with van der Waals surface area (Å²) in [6.45, 7) is 1.25. The fraction of sp³-hybridized carbons (Fsp3) is 0.583. The quantitative estimate of drug-likeness (QED) is 0.255. The first-order chi connectivity index (χ1) is 10.5. The van der Waals surface area contributed by atoms with Crippen molar-refractivity contribution < 1.29 is 39.3 Å². The molecule has 0 aromatic carbocycles. The first kappa shape index (κ1) is 20.3. The average Bonchev–Trinajstić information content (AvgIpc) is 2.41. The molecule has 0 rings (SSSR count). The third-order valence-electron chi connectivity index (χ3n) is 2.74. The summed E-state index contributed by atoms with van der Waals surface area (Å²) >= 11 is 0. The second-order valence-corrected chi connectivity index (χ2v) is 4.77. The predicted octanol–water partition coefficient (Wildman–Crippen LogP) is -2.27. The molecule has 0 saturated heterocycles. The van der Waals surface area contributed by atoms with Crippen molar-refractivity contribution in [2.45, 2.75) is 44.3 Å². The smallest absolute Gasteiger partial charge is 0.326 e. The van der Waals surface area contributed by atoms with Gasteiger partial charge < -0.3 is 31.7 Å². The topological polar surface area (TPSA) is 196 Å². The van der Waals surface area contributed by atoms with Gasteiger partial charge in [-0.2, -0.15) is 0 Å². The van der Waals surface area contributed by atoms with Crippen LogP contribution >= 0.6 is 0 Å². The molecule has 2 amide bonds. The van der Waals surface area contributed by atoms with Crippen LogP contribution in [0.3, 0.4) is 0 Å². The van der Waals surface area contributed by atoms with Crippen molar-refractivity contribution >= 4 is 29.7 Å². The van der Waals surface area contributed by atoms with Gasteiger partial charge in [-0.1, -0.05) is 0 Å². The Morgan fingerprint density at radius 2 is 1.52 bits per heavy atom. The van der Waals surface area contributed by atoms with Gasteiger partial charge in [0.25, 0.3) is 0 Å². The van der Waals surface area contributed by atoms with Crippen molar-refractivity contribution in [3.05, 3.63) is 0 Å². The molecule has 23 heavy (non-hydrogen) atoms. The number of carbonyl (C=O) groups is 5. The predicted molar refractivity (Wildman–Crippen MR) is 74.3 cm³/mol. The summed E-state index contributed by atoms with van der Waals surface area (Å²) in [7, 11) is 0. The maximum atomic E-state index is 11.8. The highest BCUT2D eigenvalue weighted by Gasteiger charge is 2.26. The molecular formula is C12H19N3O8. The fourth-order valence-electron chi connectivity index (χ4n) is 1.49. The van der Waals surface area contributed by atoms with E-state index in [2.05, 4.69) is 10.6 Å². The molecule has 7 N–H and O–H groups in total. The zero-order chi connectivity index (χ0) is 18.2. The molecule has 11 nitrogen and oxygen atoms in total. The van der Waals surface area contributed by atoms with Crippen molar-refractivity contribution in [2.24, 2.45) is 5.73 Å². The number of nitrogens with two attached hydrogens (primary N) is 1. The Labute approximate surface area is 130 Å². The van der Waals surface area contributed by atoms with Crippen LogP contribution in [0.15, 0.2) is 0 Å². The molecule has 11 heteroatoms. The third-order valence-corrected chi connectivity index (χ3v) is 2.74. The van der Waals surface area contributed by atoms with Gasteiger partial charge in [0, 0.05) is 6.42 Å². The average molecular weight is 333 g/mol. The van der Waals surface area contributed by atoms with Crippen LogP contribution in [-0.4, -0.2) is 63.2 Å². The van der Waals surface area contributed by atoms with Gasteiger partial charge in [0.15, 0.2) is 0 Å². The summed E-state index contributed by atoms with van der Waals surface area (Å²) in [6.07, 6.45) is -1.41. The molecule has 0 bridgehead atoms. The highest BCUT2D eigenvalue weighted by atomic mass is 16.4. The molecular weight excluding hydrogens is 314 g/mol. The largest absolute Gasteiger partial charge is 0.481 e. The van der Waals surface area contributed by atoms with Gasteiger partial charge in [-0.15, -0.1) is 0 Å². The third kappa shape index (κ3) is 8.36. The Hall–Kier alpha value is -2.69. The van der Waals surface area contributed by atoms with E-state index in [9.17, 15) is 24.0 Å². The van der Waals surface area contributed by atoms with Crippen molar-refractivity contribution in [3.8, 4) is 0 Å². The lowest BCUT2D eigenvalue weighted by Gasteiger charge is -2.19.